The summed E-state index contributed by atoms with van der Waals surface area (Å²) in [5, 5.41) is 13.4. The molecule has 58 heavy (non-hydrogen) atoms. The van der Waals surface area contributed by atoms with Gasteiger partial charge in [-0.1, -0.05) is 164 Å². The summed E-state index contributed by atoms with van der Waals surface area (Å²) in [4.78, 5) is 10.6. The third-order valence-corrected chi connectivity index (χ3v) is 11.9. The van der Waals surface area contributed by atoms with E-state index in [0.717, 1.165) is 50.1 Å². The van der Waals surface area contributed by atoms with Crippen molar-refractivity contribution in [3.8, 4) is 33.5 Å². The molecule has 2 nitrogen and oxygen atoms in total. The third-order valence-electron chi connectivity index (χ3n) is 11.9. The molecule has 0 aliphatic carbocycles. The minimum atomic E-state index is 0.939. The Hall–Kier alpha value is -7.42. The highest BCUT2D eigenvalue weighted by Gasteiger charge is 2.20. The van der Waals surface area contributed by atoms with E-state index in [1.165, 1.54) is 70.7 Å². The smallest absolute Gasteiger partial charge is 0.0794 e. The Balaban J connectivity index is 1.21. The first kappa shape index (κ1) is 33.9. The van der Waals surface area contributed by atoms with Crippen LogP contribution in [0.4, 0.5) is 5.69 Å². The van der Waals surface area contributed by atoms with E-state index in [4.69, 9.17) is 9.98 Å². The van der Waals surface area contributed by atoms with E-state index in [2.05, 4.69) is 202 Å². The van der Waals surface area contributed by atoms with Crippen molar-refractivity contribution >= 4 is 76.2 Å². The maximum absolute atomic E-state index is 5.57. The molecule has 0 unspecified atom stereocenters. The van der Waals surface area contributed by atoms with Crippen LogP contribution in [0.1, 0.15) is 18.1 Å². The Labute approximate surface area is 337 Å². The van der Waals surface area contributed by atoms with Crippen molar-refractivity contribution in [1.82, 2.24) is 4.98 Å². The van der Waals surface area contributed by atoms with Gasteiger partial charge in [-0.05, 0) is 126 Å². The highest BCUT2D eigenvalue weighted by Crippen LogP contribution is 2.45. The number of pyridine rings is 1. The second-order valence-corrected chi connectivity index (χ2v) is 15.4. The lowest BCUT2D eigenvalue weighted by molar-refractivity contribution is 1.38. The molecule has 0 amide bonds. The number of benzene rings is 10. The summed E-state index contributed by atoms with van der Waals surface area (Å²) in [7, 11) is 0. The van der Waals surface area contributed by atoms with Crippen LogP contribution >= 0.6 is 0 Å². The molecular weight excluding hydrogens is 701 g/mol. The highest BCUT2D eigenvalue weighted by molar-refractivity contribution is 6.23. The summed E-state index contributed by atoms with van der Waals surface area (Å²) in [5.41, 5.74) is 12.0. The molecule has 0 spiro atoms. The molecule has 1 heterocycles. The van der Waals surface area contributed by atoms with Crippen LogP contribution in [0.3, 0.4) is 0 Å². The molecule has 10 aromatic carbocycles. The van der Waals surface area contributed by atoms with Crippen molar-refractivity contribution in [1.29, 1.82) is 0 Å². The lowest BCUT2D eigenvalue weighted by Gasteiger charge is -2.19. The van der Waals surface area contributed by atoms with Gasteiger partial charge in [-0.3, -0.25) is 4.99 Å². The number of aromatic nitrogens is 1. The number of hydrogen-bond acceptors (Lipinski definition) is 2. The lowest BCUT2D eigenvalue weighted by Crippen LogP contribution is -1.96. The third kappa shape index (κ3) is 5.56. The topological polar surface area (TPSA) is 25.2 Å². The number of aliphatic imine (C=N–C) groups is 1. The molecule has 11 aromatic rings. The van der Waals surface area contributed by atoms with Gasteiger partial charge in [-0.25, -0.2) is 4.98 Å². The second-order valence-electron chi connectivity index (χ2n) is 15.4. The molecule has 0 fully saturated rings. The molecule has 11 rings (SSSR count). The van der Waals surface area contributed by atoms with Crippen molar-refractivity contribution in [3.63, 3.8) is 0 Å². The van der Waals surface area contributed by atoms with Crippen LogP contribution in [0.25, 0.3) is 98.3 Å². The van der Waals surface area contributed by atoms with Crippen molar-refractivity contribution < 1.29 is 0 Å². The first-order valence-corrected chi connectivity index (χ1v) is 20.0. The van der Waals surface area contributed by atoms with E-state index in [-0.39, 0.29) is 0 Å². The lowest BCUT2D eigenvalue weighted by atomic mass is 9.86. The van der Waals surface area contributed by atoms with Gasteiger partial charge in [0.25, 0.3) is 0 Å². The SMILES string of the molecule is CC(=Nc1ccccc1C)c1ccc(-c2cc(-c3cc4ccccc4c4ccccc34)c3cc(-c4cc5ccccc5c5ccccc45)c4ccccc4c3n2)cc1. The summed E-state index contributed by atoms with van der Waals surface area (Å²) in [6, 6.07) is 70.5. The van der Waals surface area contributed by atoms with Crippen LogP contribution in [0, 0.1) is 6.92 Å². The normalized spacial score (nSPS) is 12.1. The van der Waals surface area contributed by atoms with Crippen LogP contribution in [-0.4, -0.2) is 10.7 Å². The van der Waals surface area contributed by atoms with Gasteiger partial charge in [0, 0.05) is 22.0 Å². The number of fused-ring (bicyclic) bond motifs is 9. The van der Waals surface area contributed by atoms with Gasteiger partial charge in [0.15, 0.2) is 0 Å². The molecule has 0 atom stereocenters. The summed E-state index contributed by atoms with van der Waals surface area (Å²) in [6.45, 7) is 4.19. The average molecular weight is 739 g/mol. The maximum Gasteiger partial charge on any atom is 0.0794 e. The zero-order valence-electron chi connectivity index (χ0n) is 32.4. The van der Waals surface area contributed by atoms with E-state index in [9.17, 15) is 0 Å². The van der Waals surface area contributed by atoms with Crippen molar-refractivity contribution in [2.24, 2.45) is 4.99 Å². The standard InChI is InChI=1S/C56H38N2/c1-35-15-3-14-26-54(35)57-36(2)37-27-29-38(30-28-37)55-34-52(50-32-40-17-5-7-19-42(40)44-21-9-11-23-46(44)50)53-33-51(47-24-12-13-25-48(47)56(53)58-55)49-31-39-16-4-6-18-41(39)43-20-8-10-22-45(43)49/h3-34H,1-2H3. The largest absolute Gasteiger partial charge is 0.253 e. The first-order chi connectivity index (χ1) is 28.6. The second kappa shape index (κ2) is 13.7. The Bertz CT molecular complexity index is 3460. The monoisotopic (exact) mass is 738 g/mol. The molecule has 0 saturated carbocycles. The Morgan fingerprint density at radius 2 is 0.845 bits per heavy atom. The first-order valence-electron chi connectivity index (χ1n) is 20.0. The highest BCUT2D eigenvalue weighted by atomic mass is 14.7. The zero-order chi connectivity index (χ0) is 38.7. The van der Waals surface area contributed by atoms with Crippen LogP contribution in [0.15, 0.2) is 199 Å². The van der Waals surface area contributed by atoms with Crippen molar-refractivity contribution in [2.45, 2.75) is 13.8 Å². The maximum atomic E-state index is 5.57. The number of para-hydroxylation sites is 1. The minimum absolute atomic E-state index is 0.939. The molecule has 0 aliphatic rings. The molecule has 2 heteroatoms. The predicted molar refractivity (Wildman–Crippen MR) is 249 cm³/mol. The van der Waals surface area contributed by atoms with Gasteiger partial charge in [0.05, 0.1) is 16.9 Å². The van der Waals surface area contributed by atoms with Crippen LogP contribution in [0.5, 0.6) is 0 Å². The van der Waals surface area contributed by atoms with Gasteiger partial charge in [0.2, 0.25) is 0 Å². The molecule has 0 saturated heterocycles. The fourth-order valence-corrected chi connectivity index (χ4v) is 9.02. The van der Waals surface area contributed by atoms with Crippen molar-refractivity contribution in [2.75, 3.05) is 0 Å². The van der Waals surface area contributed by atoms with Crippen molar-refractivity contribution in [3.05, 3.63) is 205 Å². The number of rotatable bonds is 5. The van der Waals surface area contributed by atoms with Crippen LogP contribution in [0.2, 0.25) is 0 Å². The summed E-state index contributed by atoms with van der Waals surface area (Å²) >= 11 is 0. The fourth-order valence-electron chi connectivity index (χ4n) is 9.02. The Kier molecular flexibility index (Phi) is 7.97. The molecular formula is C56H38N2. The quantitative estimate of drug-likeness (QED) is 0.127. The van der Waals surface area contributed by atoms with E-state index in [1.807, 2.05) is 6.07 Å². The van der Waals surface area contributed by atoms with E-state index in [0.29, 0.717) is 0 Å². The molecule has 0 bridgehead atoms. The van der Waals surface area contributed by atoms with Gasteiger partial charge in [-0.2, -0.15) is 0 Å². The van der Waals surface area contributed by atoms with Gasteiger partial charge < -0.3 is 0 Å². The summed E-state index contributed by atoms with van der Waals surface area (Å²) in [6.07, 6.45) is 0. The average Bonchev–Trinajstić information content (AvgIpc) is 3.28. The molecule has 1 aromatic heterocycles. The zero-order valence-corrected chi connectivity index (χ0v) is 32.4. The summed E-state index contributed by atoms with van der Waals surface area (Å²) in [5.74, 6) is 0. The molecule has 0 N–H and O–H groups in total. The van der Waals surface area contributed by atoms with E-state index >= 15 is 0 Å². The number of aryl methyl sites for hydroxylation is 1. The van der Waals surface area contributed by atoms with Crippen LogP contribution in [-0.2, 0) is 0 Å². The molecule has 272 valence electrons. The van der Waals surface area contributed by atoms with Gasteiger partial charge in [-0.15, -0.1) is 0 Å². The number of hydrogen-bond donors (Lipinski definition) is 0. The molecule has 0 aliphatic heterocycles. The fraction of sp³-hybridized carbons (Fsp3) is 0.0357. The van der Waals surface area contributed by atoms with E-state index < -0.39 is 0 Å². The predicted octanol–water partition coefficient (Wildman–Crippen LogP) is 15.5. The minimum Gasteiger partial charge on any atom is -0.253 e. The Morgan fingerprint density at radius 1 is 0.397 bits per heavy atom. The van der Waals surface area contributed by atoms with Gasteiger partial charge >= 0.3 is 0 Å². The summed E-state index contributed by atoms with van der Waals surface area (Å²) < 4.78 is 0. The Morgan fingerprint density at radius 3 is 1.43 bits per heavy atom. The van der Waals surface area contributed by atoms with Crippen LogP contribution < -0.4 is 0 Å². The van der Waals surface area contributed by atoms with Gasteiger partial charge in [0.1, 0.15) is 0 Å². The number of nitrogens with zero attached hydrogens (tertiary/aromatic N) is 2. The molecule has 0 radical (unpaired) electrons. The van der Waals surface area contributed by atoms with E-state index in [1.54, 1.807) is 0 Å².